The Balaban J connectivity index is 2.19. The molecular weight excluding hydrogens is 299 g/mol. The van der Waals surface area contributed by atoms with Crippen molar-refractivity contribution in [2.45, 2.75) is 0 Å². The molecule has 0 aliphatic carbocycles. The van der Waals surface area contributed by atoms with Crippen LogP contribution in [-0.4, -0.2) is 15.0 Å². The molecule has 1 aromatic carbocycles. The molecule has 3 N–H and O–H groups in total. The first-order valence-corrected chi connectivity index (χ1v) is 5.99. The molecule has 0 saturated carbocycles. The number of nitrogens with two attached hydrogens (primary N) is 1. The average molecular weight is 307 g/mol. The summed E-state index contributed by atoms with van der Waals surface area (Å²) in [5.74, 6) is 0.726. The molecule has 0 spiro atoms. The topological polar surface area (TPSA) is 67.6 Å². The molecule has 0 amide bonds. The Morgan fingerprint density at radius 2 is 2.11 bits per heavy atom. The van der Waals surface area contributed by atoms with Gasteiger partial charge >= 0.3 is 0 Å². The molecule has 3 aromatic rings. The van der Waals surface area contributed by atoms with Crippen molar-refractivity contribution in [2.24, 2.45) is 0 Å². The van der Waals surface area contributed by atoms with Crippen LogP contribution >= 0.6 is 15.9 Å². The molecule has 18 heavy (non-hydrogen) atoms. The van der Waals surface area contributed by atoms with E-state index in [1.807, 2.05) is 0 Å². The summed E-state index contributed by atoms with van der Waals surface area (Å²) in [6.45, 7) is 0. The minimum absolute atomic E-state index is 0.327. The number of hydrogen-bond donors (Lipinski definition) is 2. The Hall–Kier alpha value is -1.95. The van der Waals surface area contributed by atoms with Gasteiger partial charge in [-0.3, -0.25) is 0 Å². The lowest BCUT2D eigenvalue weighted by Gasteiger charge is -1.96. The second kappa shape index (κ2) is 4.06. The van der Waals surface area contributed by atoms with Crippen LogP contribution in [0, 0.1) is 5.82 Å². The van der Waals surface area contributed by atoms with Crippen molar-refractivity contribution in [3.8, 4) is 11.4 Å². The summed E-state index contributed by atoms with van der Waals surface area (Å²) in [5, 5.41) is 0. The van der Waals surface area contributed by atoms with Crippen LogP contribution in [0.25, 0.3) is 22.4 Å². The van der Waals surface area contributed by atoms with E-state index in [4.69, 9.17) is 5.73 Å². The van der Waals surface area contributed by atoms with Gasteiger partial charge in [0.1, 0.15) is 17.5 Å². The third kappa shape index (κ3) is 1.84. The zero-order valence-corrected chi connectivity index (χ0v) is 10.7. The van der Waals surface area contributed by atoms with E-state index >= 15 is 0 Å². The zero-order valence-electron chi connectivity index (χ0n) is 9.11. The first kappa shape index (κ1) is 11.2. The van der Waals surface area contributed by atoms with Crippen LogP contribution < -0.4 is 5.73 Å². The highest BCUT2D eigenvalue weighted by atomic mass is 79.9. The van der Waals surface area contributed by atoms with Gasteiger partial charge in [-0.05, 0) is 34.1 Å². The van der Waals surface area contributed by atoms with Crippen molar-refractivity contribution in [2.75, 3.05) is 5.73 Å². The fourth-order valence-corrected chi connectivity index (χ4v) is 2.07. The molecule has 4 nitrogen and oxygen atoms in total. The predicted octanol–water partition coefficient (Wildman–Crippen LogP) is 3.11. The van der Waals surface area contributed by atoms with Gasteiger partial charge in [0.05, 0.1) is 15.5 Å². The van der Waals surface area contributed by atoms with Gasteiger partial charge in [0.2, 0.25) is 0 Å². The Kier molecular flexibility index (Phi) is 2.52. The number of aromatic amines is 1. The maximum atomic E-state index is 13.4. The van der Waals surface area contributed by atoms with E-state index in [0.717, 1.165) is 5.56 Å². The molecule has 0 aliphatic rings. The van der Waals surface area contributed by atoms with E-state index in [0.29, 0.717) is 27.1 Å². The predicted molar refractivity (Wildman–Crippen MR) is 71.4 cm³/mol. The van der Waals surface area contributed by atoms with Gasteiger partial charge in [0.15, 0.2) is 0 Å². The summed E-state index contributed by atoms with van der Waals surface area (Å²) < 4.78 is 13.8. The first-order chi connectivity index (χ1) is 8.63. The molecule has 6 heteroatoms. The van der Waals surface area contributed by atoms with Gasteiger partial charge < -0.3 is 10.7 Å². The molecule has 0 aliphatic heterocycles. The number of halogens is 2. The second-order valence-electron chi connectivity index (χ2n) is 3.84. The lowest BCUT2D eigenvalue weighted by molar-refractivity contribution is 0.623. The summed E-state index contributed by atoms with van der Waals surface area (Å²) in [6, 6.07) is 6.54. The fraction of sp³-hybridized carbons (Fsp3) is 0. The molecule has 0 radical (unpaired) electrons. The van der Waals surface area contributed by atoms with Gasteiger partial charge in [-0.15, -0.1) is 0 Å². The van der Waals surface area contributed by atoms with Crippen molar-refractivity contribution in [1.82, 2.24) is 15.0 Å². The SMILES string of the molecule is Nc1cc(-c2nc3cc(Br)c(F)cc3[nH]2)ccn1. The van der Waals surface area contributed by atoms with Crippen LogP contribution in [0.3, 0.4) is 0 Å². The number of aromatic nitrogens is 3. The van der Waals surface area contributed by atoms with Crippen molar-refractivity contribution < 1.29 is 4.39 Å². The van der Waals surface area contributed by atoms with Crippen LogP contribution in [0.5, 0.6) is 0 Å². The van der Waals surface area contributed by atoms with E-state index < -0.39 is 0 Å². The molecule has 0 atom stereocenters. The lowest BCUT2D eigenvalue weighted by Crippen LogP contribution is -1.90. The summed E-state index contributed by atoms with van der Waals surface area (Å²) in [5.41, 5.74) is 7.76. The molecule has 0 bridgehead atoms. The number of imidazole rings is 1. The molecule has 0 unspecified atom stereocenters. The maximum Gasteiger partial charge on any atom is 0.139 e. The van der Waals surface area contributed by atoms with Gasteiger partial charge in [-0.1, -0.05) is 0 Å². The van der Waals surface area contributed by atoms with Crippen LogP contribution in [0.2, 0.25) is 0 Å². The van der Waals surface area contributed by atoms with Gasteiger partial charge in [-0.25, -0.2) is 14.4 Å². The number of benzene rings is 1. The normalized spacial score (nSPS) is 11.0. The summed E-state index contributed by atoms with van der Waals surface area (Å²) in [7, 11) is 0. The fourth-order valence-electron chi connectivity index (χ4n) is 1.74. The highest BCUT2D eigenvalue weighted by Gasteiger charge is 2.09. The molecule has 0 saturated heterocycles. The number of fused-ring (bicyclic) bond motifs is 1. The van der Waals surface area contributed by atoms with Crippen LogP contribution in [0.1, 0.15) is 0 Å². The van der Waals surface area contributed by atoms with Gasteiger partial charge in [-0.2, -0.15) is 0 Å². The second-order valence-corrected chi connectivity index (χ2v) is 4.69. The number of nitrogens with one attached hydrogen (secondary N) is 1. The van der Waals surface area contributed by atoms with Crippen molar-refractivity contribution in [1.29, 1.82) is 0 Å². The number of rotatable bonds is 1. The molecular formula is C12H8BrFN4. The monoisotopic (exact) mass is 306 g/mol. The third-order valence-electron chi connectivity index (χ3n) is 2.58. The van der Waals surface area contributed by atoms with Crippen molar-refractivity contribution >= 4 is 32.8 Å². The van der Waals surface area contributed by atoms with E-state index in [9.17, 15) is 4.39 Å². The largest absolute Gasteiger partial charge is 0.384 e. The van der Waals surface area contributed by atoms with E-state index in [2.05, 4.69) is 30.9 Å². The van der Waals surface area contributed by atoms with Gasteiger partial charge in [0.25, 0.3) is 0 Å². The highest BCUT2D eigenvalue weighted by Crippen LogP contribution is 2.25. The van der Waals surface area contributed by atoms with E-state index in [1.165, 1.54) is 6.07 Å². The van der Waals surface area contributed by atoms with Crippen LogP contribution in [0.15, 0.2) is 34.9 Å². The third-order valence-corrected chi connectivity index (χ3v) is 3.19. The van der Waals surface area contributed by atoms with E-state index in [-0.39, 0.29) is 5.82 Å². The molecule has 0 fully saturated rings. The number of nitrogen functional groups attached to an aromatic ring is 1. The number of nitrogens with zero attached hydrogens (tertiary/aromatic N) is 2. The Bertz CT molecular complexity index is 699. The smallest absolute Gasteiger partial charge is 0.139 e. The first-order valence-electron chi connectivity index (χ1n) is 5.20. The van der Waals surface area contributed by atoms with Gasteiger partial charge in [0, 0.05) is 17.8 Å². The molecule has 2 aromatic heterocycles. The summed E-state index contributed by atoms with van der Waals surface area (Å²) in [6.07, 6.45) is 1.61. The number of hydrogen-bond acceptors (Lipinski definition) is 3. The standard InChI is InChI=1S/C12H8BrFN4/c13-7-4-9-10(5-8(7)14)18-12(17-9)6-1-2-16-11(15)3-6/h1-5H,(H2,15,16)(H,17,18). The number of H-pyrrole nitrogens is 1. The average Bonchev–Trinajstić information content (AvgIpc) is 2.73. The van der Waals surface area contributed by atoms with Crippen LogP contribution in [-0.2, 0) is 0 Å². The van der Waals surface area contributed by atoms with Crippen LogP contribution in [0.4, 0.5) is 10.2 Å². The van der Waals surface area contributed by atoms with E-state index in [1.54, 1.807) is 24.4 Å². The quantitative estimate of drug-likeness (QED) is 0.726. The van der Waals surface area contributed by atoms with Crippen molar-refractivity contribution in [3.63, 3.8) is 0 Å². The molecule has 3 rings (SSSR count). The Morgan fingerprint density at radius 3 is 2.89 bits per heavy atom. The maximum absolute atomic E-state index is 13.4. The highest BCUT2D eigenvalue weighted by molar-refractivity contribution is 9.10. The minimum atomic E-state index is -0.327. The Morgan fingerprint density at radius 1 is 1.28 bits per heavy atom. The van der Waals surface area contributed by atoms with Crippen molar-refractivity contribution in [3.05, 3.63) is 40.8 Å². The summed E-state index contributed by atoms with van der Waals surface area (Å²) >= 11 is 3.13. The number of pyridine rings is 1. The zero-order chi connectivity index (χ0) is 12.7. The lowest BCUT2D eigenvalue weighted by atomic mass is 10.2. The minimum Gasteiger partial charge on any atom is -0.384 e. The molecule has 90 valence electrons. The number of anilines is 1. The summed E-state index contributed by atoms with van der Waals surface area (Å²) in [4.78, 5) is 11.4. The Labute approximate surface area is 110 Å². The molecule has 2 heterocycles.